The molecule has 1 aliphatic heterocycles. The Kier molecular flexibility index (Phi) is 2.76. The van der Waals surface area contributed by atoms with Crippen LogP contribution in [0.3, 0.4) is 0 Å². The first-order valence-corrected chi connectivity index (χ1v) is 4.83. The number of alkyl carbamates (subject to hydrolysis) is 1. The molecule has 1 aliphatic rings. The van der Waals surface area contributed by atoms with E-state index < -0.39 is 6.09 Å². The van der Waals surface area contributed by atoms with Gasteiger partial charge in [-0.25, -0.2) is 9.59 Å². The van der Waals surface area contributed by atoms with Gasteiger partial charge in [-0.3, -0.25) is 0 Å². The lowest BCUT2D eigenvalue weighted by Gasteiger charge is -2.08. The number of esters is 1. The second-order valence-electron chi connectivity index (χ2n) is 3.39. The highest BCUT2D eigenvalue weighted by atomic mass is 16.6. The standard InChI is InChI=1S/C11H11NO4/c1-15-10(13)8-4-2-7(3-5-8)9-6-12-11(14)16-9/h2-5,9H,6H2,1H3,(H,12,14). The molecule has 5 nitrogen and oxygen atoms in total. The predicted molar refractivity (Wildman–Crippen MR) is 55.0 cm³/mol. The topological polar surface area (TPSA) is 64.6 Å². The molecule has 5 heteroatoms. The average Bonchev–Trinajstić information content (AvgIpc) is 2.75. The number of carbonyl (C=O) groups excluding carboxylic acids is 2. The normalized spacial score (nSPS) is 18.8. The van der Waals surface area contributed by atoms with E-state index in [4.69, 9.17) is 4.74 Å². The minimum Gasteiger partial charge on any atom is -0.465 e. The molecule has 1 unspecified atom stereocenters. The molecule has 84 valence electrons. The molecule has 0 spiro atoms. The van der Waals surface area contributed by atoms with Crippen LogP contribution in [0.1, 0.15) is 22.0 Å². The first-order valence-electron chi connectivity index (χ1n) is 4.83. The minimum absolute atomic E-state index is 0.279. The molecular formula is C11H11NO4. The Balaban J connectivity index is 2.13. The Hall–Kier alpha value is -2.04. The summed E-state index contributed by atoms with van der Waals surface area (Å²) in [7, 11) is 1.33. The Morgan fingerprint density at radius 3 is 2.62 bits per heavy atom. The van der Waals surface area contributed by atoms with Crippen LogP contribution in [0.2, 0.25) is 0 Å². The van der Waals surface area contributed by atoms with Crippen molar-refractivity contribution in [2.45, 2.75) is 6.10 Å². The maximum absolute atomic E-state index is 11.2. The van der Waals surface area contributed by atoms with E-state index in [9.17, 15) is 9.59 Å². The van der Waals surface area contributed by atoms with E-state index in [0.29, 0.717) is 12.1 Å². The lowest BCUT2D eigenvalue weighted by molar-refractivity contribution is 0.0600. The Morgan fingerprint density at radius 1 is 1.44 bits per heavy atom. The van der Waals surface area contributed by atoms with Crippen molar-refractivity contribution in [3.05, 3.63) is 35.4 Å². The third kappa shape index (κ3) is 1.98. The molecule has 0 aliphatic carbocycles. The van der Waals surface area contributed by atoms with Crippen LogP contribution in [0.15, 0.2) is 24.3 Å². The number of rotatable bonds is 2. The van der Waals surface area contributed by atoms with Gasteiger partial charge >= 0.3 is 12.1 Å². The fourth-order valence-electron chi connectivity index (χ4n) is 1.53. The maximum atomic E-state index is 11.2. The Morgan fingerprint density at radius 2 is 2.12 bits per heavy atom. The predicted octanol–water partition coefficient (Wildman–Crippen LogP) is 1.25. The van der Waals surface area contributed by atoms with Gasteiger partial charge in [-0.1, -0.05) is 12.1 Å². The number of hydrogen-bond acceptors (Lipinski definition) is 4. The van der Waals surface area contributed by atoms with Crippen molar-refractivity contribution >= 4 is 12.1 Å². The molecule has 16 heavy (non-hydrogen) atoms. The summed E-state index contributed by atoms with van der Waals surface area (Å²) in [6.45, 7) is 0.455. The molecule has 0 saturated carbocycles. The van der Waals surface area contributed by atoms with Gasteiger partial charge in [-0.15, -0.1) is 0 Å². The van der Waals surface area contributed by atoms with Gasteiger partial charge in [0, 0.05) is 0 Å². The largest absolute Gasteiger partial charge is 0.465 e. The molecule has 1 N–H and O–H groups in total. The molecule has 1 fully saturated rings. The number of hydrogen-bond donors (Lipinski definition) is 1. The zero-order valence-corrected chi connectivity index (χ0v) is 8.73. The van der Waals surface area contributed by atoms with Gasteiger partial charge in [-0.05, 0) is 17.7 Å². The number of ether oxygens (including phenoxy) is 2. The minimum atomic E-state index is -0.415. The molecule has 1 amide bonds. The zero-order chi connectivity index (χ0) is 11.5. The van der Waals surface area contributed by atoms with E-state index in [1.807, 2.05) is 0 Å². The third-order valence-electron chi connectivity index (χ3n) is 2.38. The van der Waals surface area contributed by atoms with E-state index in [-0.39, 0.29) is 12.1 Å². The number of carbonyl (C=O) groups is 2. The van der Waals surface area contributed by atoms with Gasteiger partial charge in [-0.2, -0.15) is 0 Å². The Labute approximate surface area is 92.4 Å². The van der Waals surface area contributed by atoms with Crippen molar-refractivity contribution in [2.24, 2.45) is 0 Å². The van der Waals surface area contributed by atoms with Crippen LogP contribution < -0.4 is 5.32 Å². The smallest absolute Gasteiger partial charge is 0.407 e. The highest BCUT2D eigenvalue weighted by Crippen LogP contribution is 2.21. The van der Waals surface area contributed by atoms with Crippen LogP contribution in [0, 0.1) is 0 Å². The van der Waals surface area contributed by atoms with E-state index >= 15 is 0 Å². The average molecular weight is 221 g/mol. The molecule has 0 aromatic heterocycles. The van der Waals surface area contributed by atoms with Gasteiger partial charge < -0.3 is 14.8 Å². The van der Waals surface area contributed by atoms with E-state index in [1.165, 1.54) is 7.11 Å². The van der Waals surface area contributed by atoms with E-state index in [0.717, 1.165) is 5.56 Å². The maximum Gasteiger partial charge on any atom is 0.407 e. The number of benzene rings is 1. The molecule has 1 aromatic rings. The fourth-order valence-corrected chi connectivity index (χ4v) is 1.53. The van der Waals surface area contributed by atoms with Crippen molar-refractivity contribution in [2.75, 3.05) is 13.7 Å². The van der Waals surface area contributed by atoms with Crippen LogP contribution in [-0.2, 0) is 9.47 Å². The van der Waals surface area contributed by atoms with Crippen molar-refractivity contribution in [1.29, 1.82) is 0 Å². The lowest BCUT2D eigenvalue weighted by Crippen LogP contribution is -2.12. The van der Waals surface area contributed by atoms with Gasteiger partial charge in [0.2, 0.25) is 0 Å². The van der Waals surface area contributed by atoms with E-state index in [1.54, 1.807) is 24.3 Å². The molecule has 1 saturated heterocycles. The Bertz CT molecular complexity index is 412. The summed E-state index contributed by atoms with van der Waals surface area (Å²) in [4.78, 5) is 22.0. The molecule has 1 aromatic carbocycles. The number of amides is 1. The van der Waals surface area contributed by atoms with Gasteiger partial charge in [0.25, 0.3) is 0 Å². The van der Waals surface area contributed by atoms with Crippen LogP contribution in [0.5, 0.6) is 0 Å². The highest BCUT2D eigenvalue weighted by Gasteiger charge is 2.24. The van der Waals surface area contributed by atoms with E-state index in [2.05, 4.69) is 10.1 Å². The summed E-state index contributed by atoms with van der Waals surface area (Å²) in [6.07, 6.45) is -0.693. The summed E-state index contributed by atoms with van der Waals surface area (Å²) in [5.74, 6) is -0.381. The van der Waals surface area contributed by atoms with Crippen LogP contribution >= 0.6 is 0 Å². The molecule has 1 heterocycles. The summed E-state index contributed by atoms with van der Waals surface area (Å²) in [6, 6.07) is 6.79. The first kappa shape index (κ1) is 10.5. The second kappa shape index (κ2) is 4.22. The summed E-state index contributed by atoms with van der Waals surface area (Å²) >= 11 is 0. The van der Waals surface area contributed by atoms with Gasteiger partial charge in [0.15, 0.2) is 0 Å². The van der Waals surface area contributed by atoms with Gasteiger partial charge in [0.1, 0.15) is 6.10 Å². The van der Waals surface area contributed by atoms with Crippen LogP contribution in [0.25, 0.3) is 0 Å². The summed E-state index contributed by atoms with van der Waals surface area (Å²) < 4.78 is 9.59. The monoisotopic (exact) mass is 221 g/mol. The van der Waals surface area contributed by atoms with Crippen molar-refractivity contribution in [3.63, 3.8) is 0 Å². The molecule has 2 rings (SSSR count). The van der Waals surface area contributed by atoms with Crippen LogP contribution in [-0.4, -0.2) is 25.7 Å². The quantitative estimate of drug-likeness (QED) is 0.763. The molecule has 1 atom stereocenters. The van der Waals surface area contributed by atoms with Crippen LogP contribution in [0.4, 0.5) is 4.79 Å². The van der Waals surface area contributed by atoms with Crippen molar-refractivity contribution in [1.82, 2.24) is 5.32 Å². The third-order valence-corrected chi connectivity index (χ3v) is 2.38. The SMILES string of the molecule is COC(=O)c1ccc(C2CNC(=O)O2)cc1. The molecule has 0 radical (unpaired) electrons. The lowest BCUT2D eigenvalue weighted by atomic mass is 10.1. The number of nitrogens with one attached hydrogen (secondary N) is 1. The number of cyclic esters (lactones) is 1. The van der Waals surface area contributed by atoms with Gasteiger partial charge in [0.05, 0.1) is 19.2 Å². The second-order valence-corrected chi connectivity index (χ2v) is 3.39. The number of methoxy groups -OCH3 is 1. The molecular weight excluding hydrogens is 210 g/mol. The summed E-state index contributed by atoms with van der Waals surface area (Å²) in [5, 5.41) is 2.56. The van der Waals surface area contributed by atoms with Crippen molar-refractivity contribution in [3.8, 4) is 0 Å². The molecule has 0 bridgehead atoms. The van der Waals surface area contributed by atoms with Crippen molar-refractivity contribution < 1.29 is 19.1 Å². The highest BCUT2D eigenvalue weighted by molar-refractivity contribution is 5.89. The first-order chi connectivity index (χ1) is 7.70. The fraction of sp³-hybridized carbons (Fsp3) is 0.273. The zero-order valence-electron chi connectivity index (χ0n) is 8.73. The summed E-state index contributed by atoms with van der Waals surface area (Å²) in [5.41, 5.74) is 1.33.